The van der Waals surface area contributed by atoms with Gasteiger partial charge in [-0.1, -0.05) is 18.9 Å². The first-order chi connectivity index (χ1) is 8.31. The molecule has 3 unspecified atom stereocenters. The summed E-state index contributed by atoms with van der Waals surface area (Å²) in [5.74, 6) is 0.412. The number of nitrogens with zero attached hydrogens (tertiary/aromatic N) is 1. The summed E-state index contributed by atoms with van der Waals surface area (Å²) in [6.07, 6.45) is 6.66. The van der Waals surface area contributed by atoms with E-state index in [-0.39, 0.29) is 6.04 Å². The molecule has 1 aromatic rings. The second-order valence-corrected chi connectivity index (χ2v) is 4.98. The van der Waals surface area contributed by atoms with E-state index in [1.54, 1.807) is 0 Å². The van der Waals surface area contributed by atoms with Gasteiger partial charge in [0.2, 0.25) is 0 Å². The van der Waals surface area contributed by atoms with E-state index < -0.39 is 0 Å². The molecule has 0 amide bonds. The second-order valence-electron chi connectivity index (χ2n) is 4.98. The molecule has 94 valence electrons. The highest BCUT2D eigenvalue weighted by molar-refractivity contribution is 5.08. The highest BCUT2D eigenvalue weighted by Crippen LogP contribution is 2.26. The topological polar surface area (TPSA) is 45.1 Å². The molecule has 0 saturated heterocycles. The van der Waals surface area contributed by atoms with Gasteiger partial charge in [-0.05, 0) is 37.8 Å². The van der Waals surface area contributed by atoms with Crippen molar-refractivity contribution in [2.75, 3.05) is 6.61 Å². The largest absolute Gasteiger partial charge is 0.396 e. The van der Waals surface area contributed by atoms with Gasteiger partial charge in [-0.3, -0.25) is 4.98 Å². The van der Waals surface area contributed by atoms with Crippen molar-refractivity contribution < 1.29 is 5.11 Å². The third-order valence-electron chi connectivity index (χ3n) is 3.74. The molecule has 0 spiro atoms. The average Bonchev–Trinajstić information content (AvgIpc) is 2.40. The SMILES string of the molecule is CC(NC1CCCCC1CO)c1ccccn1. The summed E-state index contributed by atoms with van der Waals surface area (Å²) in [7, 11) is 0. The lowest BCUT2D eigenvalue weighted by atomic mass is 9.84. The molecule has 0 aliphatic heterocycles. The predicted octanol–water partition coefficient (Wildman–Crippen LogP) is 2.28. The van der Waals surface area contributed by atoms with E-state index >= 15 is 0 Å². The zero-order valence-corrected chi connectivity index (χ0v) is 10.5. The van der Waals surface area contributed by atoms with Crippen LogP contribution in [-0.4, -0.2) is 22.7 Å². The van der Waals surface area contributed by atoms with Crippen molar-refractivity contribution in [2.24, 2.45) is 5.92 Å². The molecular weight excluding hydrogens is 212 g/mol. The normalized spacial score (nSPS) is 26.7. The molecule has 1 saturated carbocycles. The van der Waals surface area contributed by atoms with E-state index in [0.29, 0.717) is 18.6 Å². The zero-order chi connectivity index (χ0) is 12.1. The van der Waals surface area contributed by atoms with Gasteiger partial charge in [0.15, 0.2) is 0 Å². The van der Waals surface area contributed by atoms with Gasteiger partial charge in [0, 0.05) is 24.9 Å². The number of hydrogen-bond donors (Lipinski definition) is 2. The van der Waals surface area contributed by atoms with Gasteiger partial charge in [-0.2, -0.15) is 0 Å². The molecule has 2 N–H and O–H groups in total. The smallest absolute Gasteiger partial charge is 0.0570 e. The Morgan fingerprint density at radius 2 is 2.24 bits per heavy atom. The number of pyridine rings is 1. The zero-order valence-electron chi connectivity index (χ0n) is 10.5. The second kappa shape index (κ2) is 6.12. The fourth-order valence-corrected chi connectivity index (χ4v) is 2.68. The maximum absolute atomic E-state index is 9.39. The van der Waals surface area contributed by atoms with Gasteiger partial charge in [-0.15, -0.1) is 0 Å². The molecule has 1 aliphatic rings. The lowest BCUT2D eigenvalue weighted by molar-refractivity contribution is 0.147. The van der Waals surface area contributed by atoms with Crippen LogP contribution in [0.5, 0.6) is 0 Å². The maximum atomic E-state index is 9.39. The van der Waals surface area contributed by atoms with Crippen molar-refractivity contribution in [3.63, 3.8) is 0 Å². The Morgan fingerprint density at radius 3 is 2.94 bits per heavy atom. The highest BCUT2D eigenvalue weighted by Gasteiger charge is 2.25. The van der Waals surface area contributed by atoms with Crippen LogP contribution in [0, 0.1) is 5.92 Å². The maximum Gasteiger partial charge on any atom is 0.0570 e. The van der Waals surface area contributed by atoms with E-state index in [1.807, 2.05) is 18.3 Å². The van der Waals surface area contributed by atoms with Crippen molar-refractivity contribution in [3.05, 3.63) is 30.1 Å². The Hall–Kier alpha value is -0.930. The van der Waals surface area contributed by atoms with Crippen LogP contribution in [0.1, 0.15) is 44.3 Å². The van der Waals surface area contributed by atoms with Crippen molar-refractivity contribution in [3.8, 4) is 0 Å². The fraction of sp³-hybridized carbons (Fsp3) is 0.643. The van der Waals surface area contributed by atoms with Crippen molar-refractivity contribution >= 4 is 0 Å². The molecule has 1 fully saturated rings. The van der Waals surface area contributed by atoms with E-state index in [1.165, 1.54) is 19.3 Å². The monoisotopic (exact) mass is 234 g/mol. The first kappa shape index (κ1) is 12.5. The summed E-state index contributed by atoms with van der Waals surface area (Å²) in [6, 6.07) is 6.70. The molecule has 2 rings (SSSR count). The van der Waals surface area contributed by atoms with Gasteiger partial charge in [0.25, 0.3) is 0 Å². The van der Waals surface area contributed by atoms with E-state index in [2.05, 4.69) is 23.3 Å². The lowest BCUT2D eigenvalue weighted by Gasteiger charge is -2.33. The molecule has 0 aromatic carbocycles. The molecule has 3 nitrogen and oxygen atoms in total. The van der Waals surface area contributed by atoms with Crippen LogP contribution in [0.4, 0.5) is 0 Å². The summed E-state index contributed by atoms with van der Waals surface area (Å²) in [5.41, 5.74) is 1.08. The molecule has 17 heavy (non-hydrogen) atoms. The minimum atomic E-state index is 0.258. The molecular formula is C14H22N2O. The van der Waals surface area contributed by atoms with Crippen molar-refractivity contribution in [1.29, 1.82) is 0 Å². The Bertz CT molecular complexity index is 328. The minimum absolute atomic E-state index is 0.258. The minimum Gasteiger partial charge on any atom is -0.396 e. The standard InChI is InChI=1S/C14H22N2O/c1-11(13-7-4-5-9-15-13)16-14-8-3-2-6-12(14)10-17/h4-5,7,9,11-12,14,16-17H,2-3,6,8,10H2,1H3. The average molecular weight is 234 g/mol. The summed E-state index contributed by atoms with van der Waals surface area (Å²) < 4.78 is 0. The van der Waals surface area contributed by atoms with Gasteiger partial charge >= 0.3 is 0 Å². The summed E-state index contributed by atoms with van der Waals surface area (Å²) >= 11 is 0. The first-order valence-electron chi connectivity index (χ1n) is 6.59. The van der Waals surface area contributed by atoms with E-state index in [9.17, 15) is 5.11 Å². The van der Waals surface area contributed by atoms with Crippen molar-refractivity contribution in [1.82, 2.24) is 10.3 Å². The summed E-state index contributed by atoms with van der Waals surface area (Å²) in [6.45, 7) is 2.44. The molecule has 1 aromatic heterocycles. The number of hydrogen-bond acceptors (Lipinski definition) is 3. The highest BCUT2D eigenvalue weighted by atomic mass is 16.3. The fourth-order valence-electron chi connectivity index (χ4n) is 2.68. The number of aliphatic hydroxyl groups is 1. The van der Waals surface area contributed by atoms with Gasteiger partial charge in [0.05, 0.1) is 5.69 Å². The summed E-state index contributed by atoms with van der Waals surface area (Å²) in [4.78, 5) is 4.37. The molecule has 1 aliphatic carbocycles. The summed E-state index contributed by atoms with van der Waals surface area (Å²) in [5, 5.41) is 13.0. The van der Waals surface area contributed by atoms with Crippen LogP contribution in [-0.2, 0) is 0 Å². The van der Waals surface area contributed by atoms with Crippen LogP contribution in [0.25, 0.3) is 0 Å². The molecule has 0 bridgehead atoms. The third kappa shape index (κ3) is 3.27. The lowest BCUT2D eigenvalue weighted by Crippen LogP contribution is -2.41. The number of rotatable bonds is 4. The number of nitrogens with one attached hydrogen (secondary N) is 1. The Labute approximate surface area is 103 Å². The van der Waals surface area contributed by atoms with Gasteiger partial charge in [-0.25, -0.2) is 0 Å². The Morgan fingerprint density at radius 1 is 1.41 bits per heavy atom. The Kier molecular flexibility index (Phi) is 4.51. The van der Waals surface area contributed by atoms with Crippen LogP contribution in [0.15, 0.2) is 24.4 Å². The van der Waals surface area contributed by atoms with Crippen LogP contribution >= 0.6 is 0 Å². The molecule has 3 heteroatoms. The predicted molar refractivity (Wildman–Crippen MR) is 68.6 cm³/mol. The molecule has 0 radical (unpaired) electrons. The van der Waals surface area contributed by atoms with E-state index in [0.717, 1.165) is 12.1 Å². The van der Waals surface area contributed by atoms with Crippen LogP contribution < -0.4 is 5.32 Å². The van der Waals surface area contributed by atoms with Crippen molar-refractivity contribution in [2.45, 2.75) is 44.7 Å². The van der Waals surface area contributed by atoms with Crippen LogP contribution in [0.2, 0.25) is 0 Å². The third-order valence-corrected chi connectivity index (χ3v) is 3.74. The van der Waals surface area contributed by atoms with Gasteiger partial charge < -0.3 is 10.4 Å². The quantitative estimate of drug-likeness (QED) is 0.840. The van der Waals surface area contributed by atoms with Crippen LogP contribution in [0.3, 0.4) is 0 Å². The molecule has 1 heterocycles. The number of aliphatic hydroxyl groups excluding tert-OH is 1. The number of aromatic nitrogens is 1. The first-order valence-corrected chi connectivity index (χ1v) is 6.59. The van der Waals surface area contributed by atoms with Gasteiger partial charge in [0.1, 0.15) is 0 Å². The van der Waals surface area contributed by atoms with E-state index in [4.69, 9.17) is 0 Å². The molecule has 3 atom stereocenters. The Balaban J connectivity index is 1.95.